The lowest BCUT2D eigenvalue weighted by Gasteiger charge is -2.36. The maximum atomic E-state index is 14.1. The van der Waals surface area contributed by atoms with Crippen LogP contribution in [0, 0.1) is 0 Å². The van der Waals surface area contributed by atoms with Crippen molar-refractivity contribution < 1.29 is 28.6 Å². The van der Waals surface area contributed by atoms with Crippen LogP contribution in [0.1, 0.15) is 86.0 Å². The highest BCUT2D eigenvalue weighted by Gasteiger charge is 2.42. The zero-order valence-electron chi connectivity index (χ0n) is 37.5. The lowest BCUT2D eigenvalue weighted by atomic mass is 9.77. The summed E-state index contributed by atoms with van der Waals surface area (Å²) in [6.07, 6.45) is 1.42. The van der Waals surface area contributed by atoms with Gasteiger partial charge < -0.3 is 18.8 Å². The fourth-order valence-electron chi connectivity index (χ4n) is 7.97. The van der Waals surface area contributed by atoms with Crippen molar-refractivity contribution in [2.24, 2.45) is 0 Å². The predicted octanol–water partition coefficient (Wildman–Crippen LogP) is 10.0. The number of unbranched alkanes of at least 4 members (excludes halogenated alkanes) is 1. The van der Waals surface area contributed by atoms with Crippen molar-refractivity contribution in [3.05, 3.63) is 185 Å². The molecule has 1 unspecified atom stereocenters. The van der Waals surface area contributed by atoms with Crippen molar-refractivity contribution in [1.82, 2.24) is 29.8 Å². The molecule has 332 valence electrons. The molecule has 0 aliphatic heterocycles. The number of rotatable bonds is 17. The van der Waals surface area contributed by atoms with E-state index >= 15 is 0 Å². The Morgan fingerprint density at radius 3 is 1.88 bits per heavy atom. The number of imidazole rings is 1. The first-order chi connectivity index (χ1) is 31.6. The topological polar surface area (TPSA) is 144 Å². The van der Waals surface area contributed by atoms with Crippen molar-refractivity contribution >= 4 is 23.8 Å². The van der Waals surface area contributed by atoms with Crippen LogP contribution < -0.4 is 4.90 Å². The zero-order valence-corrected chi connectivity index (χ0v) is 37.5. The number of aryl methyl sites for hydroxylation is 1. The molecule has 0 fully saturated rings. The fourth-order valence-corrected chi connectivity index (χ4v) is 7.97. The van der Waals surface area contributed by atoms with Gasteiger partial charge in [-0.3, -0.25) is 9.69 Å². The highest BCUT2D eigenvalue weighted by atomic mass is 16.8. The Morgan fingerprint density at radius 2 is 1.32 bits per heavy atom. The summed E-state index contributed by atoms with van der Waals surface area (Å²) in [6, 6.07) is 46.9. The Kier molecular flexibility index (Phi) is 14.4. The summed E-state index contributed by atoms with van der Waals surface area (Å²) in [5.41, 5.74) is 6.38. The van der Waals surface area contributed by atoms with E-state index in [1.807, 2.05) is 116 Å². The monoisotopic (exact) mass is 871 g/mol. The molecular formula is C52H53N7O6. The number of benzene rings is 5. The molecular weight excluding hydrogens is 819 g/mol. The van der Waals surface area contributed by atoms with E-state index in [2.05, 4.69) is 54.6 Å². The average Bonchev–Trinajstić information content (AvgIpc) is 3.95. The molecule has 7 rings (SSSR count). The number of tetrazole rings is 1. The van der Waals surface area contributed by atoms with Gasteiger partial charge in [0.05, 0.1) is 6.61 Å². The number of esters is 1. The van der Waals surface area contributed by atoms with Crippen LogP contribution in [-0.2, 0) is 37.5 Å². The molecule has 0 radical (unpaired) electrons. The summed E-state index contributed by atoms with van der Waals surface area (Å²) < 4.78 is 19.4. The van der Waals surface area contributed by atoms with E-state index < -0.39 is 24.0 Å². The summed E-state index contributed by atoms with van der Waals surface area (Å²) in [5, 5.41) is 13.8. The van der Waals surface area contributed by atoms with E-state index in [1.165, 1.54) is 17.9 Å². The third kappa shape index (κ3) is 9.79. The van der Waals surface area contributed by atoms with Crippen LogP contribution in [0.25, 0.3) is 22.5 Å². The molecule has 0 bridgehead atoms. The summed E-state index contributed by atoms with van der Waals surface area (Å²) in [6.45, 7) is 9.09. The lowest BCUT2D eigenvalue weighted by Crippen LogP contribution is -2.39. The number of aromatic nitrogens is 6. The van der Waals surface area contributed by atoms with Gasteiger partial charge in [0.25, 0.3) is 5.91 Å². The van der Waals surface area contributed by atoms with Crippen LogP contribution in [0.3, 0.4) is 0 Å². The number of amides is 1. The second kappa shape index (κ2) is 20.7. The summed E-state index contributed by atoms with van der Waals surface area (Å²) in [5.74, 6) is 0.134. The smallest absolute Gasteiger partial charge is 0.435 e. The van der Waals surface area contributed by atoms with Gasteiger partial charge in [-0.1, -0.05) is 158 Å². The van der Waals surface area contributed by atoms with Crippen molar-refractivity contribution in [3.63, 3.8) is 0 Å². The molecule has 0 aliphatic rings. The first-order valence-electron chi connectivity index (χ1n) is 21.8. The van der Waals surface area contributed by atoms with Crippen molar-refractivity contribution in [1.29, 1.82) is 0 Å². The SMILES string of the molecule is CCCCc1nc(N(C)C(=O)C=C(C)C)c(C(=O)OC(C)OC(=O)OCC)n1Cc1ccc(-c2ccccc2-c2nnnn2C(c2ccccc2)(c2ccccc2)c2ccccc2)cc1. The zero-order chi connectivity index (χ0) is 45.9. The normalized spacial score (nSPS) is 11.7. The van der Waals surface area contributed by atoms with Gasteiger partial charge in [-0.2, -0.15) is 0 Å². The van der Waals surface area contributed by atoms with Crippen LogP contribution >= 0.6 is 0 Å². The van der Waals surface area contributed by atoms with Crippen LogP contribution in [0.4, 0.5) is 10.6 Å². The first kappa shape index (κ1) is 45.4. The molecule has 1 amide bonds. The van der Waals surface area contributed by atoms with Crippen LogP contribution in [-0.4, -0.2) is 67.7 Å². The Bertz CT molecular complexity index is 2650. The minimum Gasteiger partial charge on any atom is -0.435 e. The standard InChI is InChI=1S/C52H53N7O6/c1-7-9-29-45-53-49(57(6)46(60)34-36(3)4)47(50(61)64-37(5)65-51(62)63-8-2)58(45)35-38-30-32-39(33-31-38)43-27-19-20-28-44(43)48-54-55-56-59(48)52(40-21-13-10-14-22-40,41-23-15-11-16-24-41)42-25-17-12-18-26-42/h10-28,30-34,37H,7-9,29,35H2,1-6H3. The molecule has 13 nitrogen and oxygen atoms in total. The Labute approximate surface area is 379 Å². The Balaban J connectivity index is 1.30. The summed E-state index contributed by atoms with van der Waals surface area (Å²) in [4.78, 5) is 45.8. The molecule has 0 saturated carbocycles. The van der Waals surface area contributed by atoms with Gasteiger partial charge >= 0.3 is 12.1 Å². The molecule has 1 atom stereocenters. The molecule has 2 aromatic heterocycles. The maximum Gasteiger partial charge on any atom is 0.511 e. The number of allylic oxidation sites excluding steroid dienone is 1. The number of carbonyl (C=O) groups excluding carboxylic acids is 3. The highest BCUT2D eigenvalue weighted by Crippen LogP contribution is 2.43. The minimum absolute atomic E-state index is 0.0495. The molecule has 13 heteroatoms. The number of carbonyl (C=O) groups is 3. The molecule has 0 N–H and O–H groups in total. The number of hydrogen-bond acceptors (Lipinski definition) is 10. The van der Waals surface area contributed by atoms with Crippen molar-refractivity contribution in [3.8, 4) is 22.5 Å². The van der Waals surface area contributed by atoms with Gasteiger partial charge in [-0.25, -0.2) is 19.3 Å². The van der Waals surface area contributed by atoms with Crippen molar-refractivity contribution in [2.75, 3.05) is 18.6 Å². The van der Waals surface area contributed by atoms with Gasteiger partial charge in [0.15, 0.2) is 17.3 Å². The summed E-state index contributed by atoms with van der Waals surface area (Å²) in [7, 11) is 1.57. The molecule has 0 spiro atoms. The highest BCUT2D eigenvalue weighted by molar-refractivity contribution is 6.05. The first-order valence-corrected chi connectivity index (χ1v) is 21.8. The fraction of sp³-hybridized carbons (Fsp3) is 0.250. The molecule has 0 aliphatic carbocycles. The number of ether oxygens (including phenoxy) is 3. The number of nitrogens with zero attached hydrogens (tertiary/aromatic N) is 7. The molecule has 5 aromatic carbocycles. The second-order valence-electron chi connectivity index (χ2n) is 15.7. The van der Waals surface area contributed by atoms with Gasteiger partial charge in [-0.05, 0) is 71.0 Å². The van der Waals surface area contributed by atoms with Crippen LogP contribution in [0.15, 0.2) is 151 Å². The van der Waals surface area contributed by atoms with E-state index in [-0.39, 0.29) is 30.6 Å². The largest absolute Gasteiger partial charge is 0.511 e. The van der Waals surface area contributed by atoms with Crippen LogP contribution in [0.2, 0.25) is 0 Å². The van der Waals surface area contributed by atoms with Crippen LogP contribution in [0.5, 0.6) is 0 Å². The van der Waals surface area contributed by atoms with Gasteiger partial charge in [-0.15, -0.1) is 5.10 Å². The molecule has 65 heavy (non-hydrogen) atoms. The quantitative estimate of drug-likeness (QED) is 0.0375. The third-order valence-electron chi connectivity index (χ3n) is 11.0. The third-order valence-corrected chi connectivity index (χ3v) is 11.0. The molecule has 0 saturated heterocycles. The maximum absolute atomic E-state index is 14.1. The predicted molar refractivity (Wildman–Crippen MR) is 249 cm³/mol. The minimum atomic E-state index is -1.28. The molecule has 2 heterocycles. The second-order valence-corrected chi connectivity index (χ2v) is 15.7. The van der Waals surface area contributed by atoms with E-state index in [4.69, 9.17) is 29.5 Å². The number of hydrogen-bond donors (Lipinski definition) is 0. The molecule has 7 aromatic rings. The lowest BCUT2D eigenvalue weighted by molar-refractivity contribution is -0.114. The van der Waals surface area contributed by atoms with E-state index in [1.54, 1.807) is 18.5 Å². The average molecular weight is 872 g/mol. The van der Waals surface area contributed by atoms with E-state index in [0.717, 1.165) is 57.4 Å². The van der Waals surface area contributed by atoms with Crippen molar-refractivity contribution in [2.45, 2.75) is 72.3 Å². The summed E-state index contributed by atoms with van der Waals surface area (Å²) >= 11 is 0. The van der Waals surface area contributed by atoms with Gasteiger partial charge in [0.1, 0.15) is 11.4 Å². The number of anilines is 1. The van der Waals surface area contributed by atoms with E-state index in [9.17, 15) is 14.4 Å². The number of likely N-dealkylation sites (N-methyl/N-ethyl adjacent to an activating group) is 1. The van der Waals surface area contributed by atoms with E-state index in [0.29, 0.717) is 18.1 Å². The van der Waals surface area contributed by atoms with Gasteiger partial charge in [0, 0.05) is 38.6 Å². The van der Waals surface area contributed by atoms with Gasteiger partial charge in [0.2, 0.25) is 6.29 Å². The Hall–Kier alpha value is -7.67. The Morgan fingerprint density at radius 1 is 0.754 bits per heavy atom.